The number of nitrogens with zero attached hydrogens (tertiary/aromatic N) is 1. The number of rotatable bonds is 7. The number of urea groups is 1. The van der Waals surface area contributed by atoms with Crippen LogP contribution in [-0.2, 0) is 16.2 Å². The number of halogens is 2. The molecule has 2 aromatic carbocycles. The van der Waals surface area contributed by atoms with Gasteiger partial charge in [0.25, 0.3) is 11.8 Å². The minimum atomic E-state index is -0.738. The van der Waals surface area contributed by atoms with Gasteiger partial charge in [0, 0.05) is 11.6 Å². The summed E-state index contributed by atoms with van der Waals surface area (Å²) in [7, 11) is 0. The molecule has 34 heavy (non-hydrogen) atoms. The zero-order valence-electron chi connectivity index (χ0n) is 18.6. The first kappa shape index (κ1) is 23.9. The molecule has 9 heteroatoms. The zero-order chi connectivity index (χ0) is 24.2. The molecule has 1 heterocycles. The summed E-state index contributed by atoms with van der Waals surface area (Å²) in [4.78, 5) is 39.0. The van der Waals surface area contributed by atoms with E-state index < -0.39 is 17.8 Å². The van der Waals surface area contributed by atoms with Gasteiger partial charge in [0.1, 0.15) is 18.0 Å². The summed E-state index contributed by atoms with van der Waals surface area (Å²) in [6.45, 7) is 2.14. The van der Waals surface area contributed by atoms with Crippen molar-refractivity contribution in [2.24, 2.45) is 0 Å². The molecule has 7 nitrogen and oxygen atoms in total. The van der Waals surface area contributed by atoms with Gasteiger partial charge >= 0.3 is 6.03 Å². The average Bonchev–Trinajstić information content (AvgIpc) is 3.31. The molecule has 0 unspecified atom stereocenters. The fraction of sp³-hybridized carbons (Fsp3) is 0.320. The van der Waals surface area contributed by atoms with Crippen LogP contribution in [0.5, 0.6) is 11.5 Å². The Morgan fingerprint density at radius 2 is 1.88 bits per heavy atom. The molecule has 2 fully saturated rings. The highest BCUT2D eigenvalue weighted by Crippen LogP contribution is 2.38. The van der Waals surface area contributed by atoms with Crippen LogP contribution in [-0.4, -0.2) is 35.4 Å². The molecule has 1 N–H and O–H groups in total. The highest BCUT2D eigenvalue weighted by molar-refractivity contribution is 9.10. The van der Waals surface area contributed by atoms with Crippen LogP contribution in [0.2, 0.25) is 0 Å². The molecule has 1 aliphatic carbocycles. The van der Waals surface area contributed by atoms with Crippen molar-refractivity contribution in [3.63, 3.8) is 0 Å². The molecular weight excluding hydrogens is 507 g/mol. The number of amides is 4. The number of ether oxygens (including phenoxy) is 2. The van der Waals surface area contributed by atoms with E-state index >= 15 is 0 Å². The van der Waals surface area contributed by atoms with Gasteiger partial charge in [0.15, 0.2) is 11.5 Å². The topological polar surface area (TPSA) is 84.9 Å². The van der Waals surface area contributed by atoms with Crippen molar-refractivity contribution in [3.8, 4) is 11.5 Å². The van der Waals surface area contributed by atoms with Gasteiger partial charge in [0.2, 0.25) is 0 Å². The van der Waals surface area contributed by atoms with E-state index in [0.29, 0.717) is 33.7 Å². The Labute approximate surface area is 205 Å². The number of hydrogen-bond donors (Lipinski definition) is 1. The Morgan fingerprint density at radius 1 is 1.15 bits per heavy atom. The molecule has 1 aliphatic heterocycles. The van der Waals surface area contributed by atoms with Crippen LogP contribution in [0.3, 0.4) is 0 Å². The molecule has 1 saturated heterocycles. The van der Waals surface area contributed by atoms with E-state index in [1.807, 2.05) is 6.92 Å². The predicted molar refractivity (Wildman–Crippen MR) is 127 cm³/mol. The van der Waals surface area contributed by atoms with E-state index in [-0.39, 0.29) is 24.0 Å². The molecule has 0 aromatic heterocycles. The lowest BCUT2D eigenvalue weighted by molar-refractivity contribution is -0.131. The summed E-state index contributed by atoms with van der Waals surface area (Å²) in [5, 5.41) is 2.27. The quantitative estimate of drug-likeness (QED) is 0.403. The van der Waals surface area contributed by atoms with Gasteiger partial charge in [-0.25, -0.2) is 9.18 Å². The molecule has 178 valence electrons. The first-order chi connectivity index (χ1) is 16.4. The minimum Gasteiger partial charge on any atom is -0.490 e. The van der Waals surface area contributed by atoms with E-state index in [2.05, 4.69) is 21.2 Å². The maximum absolute atomic E-state index is 14.0. The Hall–Kier alpha value is -3.20. The summed E-state index contributed by atoms with van der Waals surface area (Å²) >= 11 is 3.45. The number of hydrogen-bond acceptors (Lipinski definition) is 5. The third-order valence-corrected chi connectivity index (χ3v) is 6.38. The number of imide groups is 2. The van der Waals surface area contributed by atoms with Crippen molar-refractivity contribution in [1.29, 1.82) is 0 Å². The number of nitrogens with one attached hydrogen (secondary N) is 1. The van der Waals surface area contributed by atoms with E-state index in [1.54, 1.807) is 30.3 Å². The van der Waals surface area contributed by atoms with Gasteiger partial charge in [-0.2, -0.15) is 0 Å². The third-order valence-electron chi connectivity index (χ3n) is 5.80. The van der Waals surface area contributed by atoms with Crippen LogP contribution in [0.1, 0.15) is 43.7 Å². The van der Waals surface area contributed by atoms with Gasteiger partial charge < -0.3 is 9.47 Å². The highest BCUT2D eigenvalue weighted by atomic mass is 79.9. The lowest BCUT2D eigenvalue weighted by Gasteiger charge is -2.31. The van der Waals surface area contributed by atoms with Gasteiger partial charge in [-0.3, -0.25) is 19.8 Å². The van der Waals surface area contributed by atoms with Gasteiger partial charge in [-0.15, -0.1) is 0 Å². The second kappa shape index (κ2) is 10.4. The molecule has 0 radical (unpaired) electrons. The van der Waals surface area contributed by atoms with Crippen molar-refractivity contribution in [2.45, 2.75) is 45.3 Å². The monoisotopic (exact) mass is 530 g/mol. The van der Waals surface area contributed by atoms with Crippen molar-refractivity contribution in [1.82, 2.24) is 10.2 Å². The summed E-state index contributed by atoms with van der Waals surface area (Å²) in [6.07, 6.45) is 4.77. The molecule has 1 saturated carbocycles. The SMILES string of the molecule is CCOc1cc(/C=C2\C(=O)NC(=O)N(C3CCCC3)C2=O)cc(Br)c1OCc1ccccc1F. The van der Waals surface area contributed by atoms with Crippen molar-refractivity contribution < 1.29 is 28.2 Å². The van der Waals surface area contributed by atoms with Crippen LogP contribution >= 0.6 is 15.9 Å². The molecule has 2 aliphatic rings. The minimum absolute atomic E-state index is 0.00879. The molecule has 0 spiro atoms. The van der Waals surface area contributed by atoms with E-state index in [1.165, 1.54) is 12.1 Å². The normalized spacial score (nSPS) is 17.9. The first-order valence-electron chi connectivity index (χ1n) is 11.1. The summed E-state index contributed by atoms with van der Waals surface area (Å²) in [5.74, 6) is -0.976. The lowest BCUT2D eigenvalue weighted by atomic mass is 10.0. The molecule has 4 amide bonds. The highest BCUT2D eigenvalue weighted by Gasteiger charge is 2.40. The largest absolute Gasteiger partial charge is 0.490 e. The second-order valence-electron chi connectivity index (χ2n) is 8.07. The van der Waals surface area contributed by atoms with Gasteiger partial charge in [-0.05, 0) is 65.5 Å². The third kappa shape index (κ3) is 4.99. The zero-order valence-corrected chi connectivity index (χ0v) is 20.2. The Bertz CT molecular complexity index is 1160. The Kier molecular flexibility index (Phi) is 7.31. The van der Waals surface area contributed by atoms with Crippen molar-refractivity contribution >= 4 is 39.9 Å². The number of barbiturate groups is 1. The van der Waals surface area contributed by atoms with Crippen LogP contribution < -0.4 is 14.8 Å². The van der Waals surface area contributed by atoms with E-state index in [0.717, 1.165) is 30.6 Å². The molecule has 4 rings (SSSR count). The summed E-state index contributed by atoms with van der Waals surface area (Å²) in [6, 6.07) is 8.74. The number of benzene rings is 2. The van der Waals surface area contributed by atoms with Gasteiger partial charge in [-0.1, -0.05) is 31.0 Å². The van der Waals surface area contributed by atoms with Crippen LogP contribution in [0.15, 0.2) is 46.4 Å². The van der Waals surface area contributed by atoms with Crippen LogP contribution in [0.25, 0.3) is 6.08 Å². The van der Waals surface area contributed by atoms with E-state index in [4.69, 9.17) is 9.47 Å². The smallest absolute Gasteiger partial charge is 0.331 e. The molecule has 0 bridgehead atoms. The number of carbonyl (C=O) groups excluding carboxylic acids is 3. The summed E-state index contributed by atoms with van der Waals surface area (Å²) < 4.78 is 26.0. The number of carbonyl (C=O) groups is 3. The summed E-state index contributed by atoms with van der Waals surface area (Å²) in [5.41, 5.74) is 0.776. The second-order valence-corrected chi connectivity index (χ2v) is 8.93. The predicted octanol–water partition coefficient (Wildman–Crippen LogP) is 4.97. The van der Waals surface area contributed by atoms with Crippen LogP contribution in [0.4, 0.5) is 9.18 Å². The average molecular weight is 531 g/mol. The Morgan fingerprint density at radius 3 is 2.59 bits per heavy atom. The van der Waals surface area contributed by atoms with Crippen molar-refractivity contribution in [2.75, 3.05) is 6.61 Å². The lowest BCUT2D eigenvalue weighted by Crippen LogP contribution is -2.57. The standard InChI is InChI=1S/C25H24BrFN2O5/c1-2-33-21-13-15(12-19(26)22(21)34-14-16-7-3-6-10-20(16)27)11-18-23(30)28-25(32)29(24(18)31)17-8-4-5-9-17/h3,6-7,10-13,17H,2,4-5,8-9,14H2,1H3,(H,28,30,32)/b18-11+. The van der Waals surface area contributed by atoms with Crippen LogP contribution in [0, 0.1) is 5.82 Å². The molecule has 2 aromatic rings. The molecular formula is C25H24BrFN2O5. The first-order valence-corrected chi connectivity index (χ1v) is 11.9. The fourth-order valence-electron chi connectivity index (χ4n) is 4.17. The van der Waals surface area contributed by atoms with Gasteiger partial charge in [0.05, 0.1) is 11.1 Å². The van der Waals surface area contributed by atoms with E-state index in [9.17, 15) is 18.8 Å². The fourth-order valence-corrected chi connectivity index (χ4v) is 4.75. The Balaban J connectivity index is 1.63. The maximum atomic E-state index is 14.0. The molecule has 0 atom stereocenters. The maximum Gasteiger partial charge on any atom is 0.331 e. The van der Waals surface area contributed by atoms with Crippen molar-refractivity contribution in [3.05, 3.63) is 63.4 Å².